The first-order chi connectivity index (χ1) is 12.7. The molecule has 12 heteroatoms. The van der Waals surface area contributed by atoms with Gasteiger partial charge in [-0.1, -0.05) is 6.58 Å². The van der Waals surface area contributed by atoms with E-state index in [2.05, 4.69) is 11.3 Å². The number of alkyl halides is 6. The number of hydrogen-bond acceptors (Lipinski definition) is 3. The average molecular weight is 430 g/mol. The summed E-state index contributed by atoms with van der Waals surface area (Å²) in [4.78, 5) is 13.5. The van der Waals surface area contributed by atoms with Crippen LogP contribution < -0.4 is 4.72 Å². The van der Waals surface area contributed by atoms with Gasteiger partial charge in [0.15, 0.2) is 0 Å². The highest BCUT2D eigenvalue weighted by Gasteiger charge is 2.40. The largest absolute Gasteiger partial charge is 0.417 e. The van der Waals surface area contributed by atoms with Gasteiger partial charge < -0.3 is 4.90 Å². The van der Waals surface area contributed by atoms with E-state index in [0.717, 1.165) is 4.90 Å². The number of likely N-dealkylation sites (tertiary alicyclic amines) is 1. The van der Waals surface area contributed by atoms with Gasteiger partial charge in [-0.25, -0.2) is 13.1 Å². The van der Waals surface area contributed by atoms with E-state index in [1.807, 2.05) is 0 Å². The maximum absolute atomic E-state index is 13.2. The third-order valence-corrected chi connectivity index (χ3v) is 5.26. The minimum atomic E-state index is -5.01. The summed E-state index contributed by atoms with van der Waals surface area (Å²) >= 11 is 0. The molecule has 156 valence electrons. The minimum Gasteiger partial charge on any atom is -0.338 e. The molecule has 28 heavy (non-hydrogen) atoms. The molecule has 1 aliphatic rings. The Morgan fingerprint density at radius 3 is 2.39 bits per heavy atom. The Morgan fingerprint density at radius 1 is 1.21 bits per heavy atom. The van der Waals surface area contributed by atoms with E-state index in [-0.39, 0.29) is 50.2 Å². The van der Waals surface area contributed by atoms with Gasteiger partial charge in [-0.05, 0) is 30.5 Å². The highest BCUT2D eigenvalue weighted by molar-refractivity contribution is 7.92. The predicted octanol–water partition coefficient (Wildman–Crippen LogP) is 3.25. The fraction of sp³-hybridized carbons (Fsp3) is 0.438. The second kappa shape index (κ2) is 7.74. The molecule has 0 radical (unpaired) electrons. The van der Waals surface area contributed by atoms with Gasteiger partial charge in [0, 0.05) is 25.0 Å². The van der Waals surface area contributed by atoms with E-state index in [0.29, 0.717) is 5.41 Å². The van der Waals surface area contributed by atoms with E-state index in [4.69, 9.17) is 0 Å². The number of halogens is 6. The molecule has 1 aliphatic heterocycles. The summed E-state index contributed by atoms with van der Waals surface area (Å²) in [6, 6.07) is 0.706. The van der Waals surface area contributed by atoms with Crippen molar-refractivity contribution >= 4 is 15.9 Å². The van der Waals surface area contributed by atoms with Gasteiger partial charge in [0.25, 0.3) is 5.91 Å². The molecule has 5 nitrogen and oxygen atoms in total. The molecule has 2 rings (SSSR count). The molecule has 1 fully saturated rings. The molecule has 1 saturated heterocycles. The molecule has 1 heterocycles. The SMILES string of the molecule is C=CS(=O)(=O)NC[C@H]1CCN(C(=O)c2cc(C(F)(F)F)ccc2C(F)(F)F)C1. The van der Waals surface area contributed by atoms with E-state index in [1.54, 1.807) is 0 Å². The Labute approximate surface area is 157 Å². The Balaban J connectivity index is 2.25. The van der Waals surface area contributed by atoms with Crippen LogP contribution in [-0.4, -0.2) is 38.9 Å². The van der Waals surface area contributed by atoms with Crippen molar-refractivity contribution in [2.45, 2.75) is 18.8 Å². The zero-order chi connectivity index (χ0) is 21.3. The molecule has 0 bridgehead atoms. The number of amides is 1. The van der Waals surface area contributed by atoms with Crippen molar-refractivity contribution in [2.24, 2.45) is 5.92 Å². The van der Waals surface area contributed by atoms with Gasteiger partial charge in [-0.15, -0.1) is 0 Å². The fourth-order valence-electron chi connectivity index (χ4n) is 2.79. The van der Waals surface area contributed by atoms with Crippen molar-refractivity contribution < 1.29 is 39.6 Å². The van der Waals surface area contributed by atoms with Crippen molar-refractivity contribution in [3.8, 4) is 0 Å². The summed E-state index contributed by atoms with van der Waals surface area (Å²) in [5.74, 6) is -1.58. The number of sulfonamides is 1. The number of nitrogens with zero attached hydrogens (tertiary/aromatic N) is 1. The summed E-state index contributed by atoms with van der Waals surface area (Å²) in [6.07, 6.45) is -9.63. The second-order valence-corrected chi connectivity index (χ2v) is 7.93. The summed E-state index contributed by atoms with van der Waals surface area (Å²) in [5.41, 5.74) is -3.91. The Bertz CT molecular complexity index is 864. The zero-order valence-corrected chi connectivity index (χ0v) is 15.1. The monoisotopic (exact) mass is 430 g/mol. The van der Waals surface area contributed by atoms with Crippen LogP contribution >= 0.6 is 0 Å². The van der Waals surface area contributed by atoms with Crippen molar-refractivity contribution in [1.82, 2.24) is 9.62 Å². The van der Waals surface area contributed by atoms with Crippen molar-refractivity contribution in [3.05, 3.63) is 46.9 Å². The van der Waals surface area contributed by atoms with E-state index in [1.165, 1.54) is 0 Å². The first kappa shape index (κ1) is 22.2. The topological polar surface area (TPSA) is 66.5 Å². The average Bonchev–Trinajstić information content (AvgIpc) is 3.06. The minimum absolute atomic E-state index is 0.00708. The molecule has 0 aromatic heterocycles. The van der Waals surface area contributed by atoms with Crippen LogP contribution in [0.15, 0.2) is 30.2 Å². The predicted molar refractivity (Wildman–Crippen MR) is 87.6 cm³/mol. The molecule has 1 aromatic carbocycles. The van der Waals surface area contributed by atoms with Gasteiger partial charge in [0.1, 0.15) is 0 Å². The van der Waals surface area contributed by atoms with E-state index < -0.39 is 45.0 Å². The molecule has 1 aromatic rings. The Morgan fingerprint density at radius 2 is 1.86 bits per heavy atom. The first-order valence-electron chi connectivity index (χ1n) is 7.94. The Kier molecular flexibility index (Phi) is 6.14. The summed E-state index contributed by atoms with van der Waals surface area (Å²) in [7, 11) is -3.71. The number of rotatable bonds is 5. The van der Waals surface area contributed by atoms with Crippen LogP contribution in [0.2, 0.25) is 0 Å². The zero-order valence-electron chi connectivity index (χ0n) is 14.3. The van der Waals surface area contributed by atoms with E-state index >= 15 is 0 Å². The van der Waals surface area contributed by atoms with Crippen LogP contribution in [0, 0.1) is 5.92 Å². The van der Waals surface area contributed by atoms with Gasteiger partial charge in [0.2, 0.25) is 10.0 Å². The van der Waals surface area contributed by atoms with Gasteiger partial charge in [0.05, 0.1) is 16.7 Å². The van der Waals surface area contributed by atoms with Crippen LogP contribution in [0.3, 0.4) is 0 Å². The lowest BCUT2D eigenvalue weighted by atomic mass is 10.0. The highest BCUT2D eigenvalue weighted by atomic mass is 32.2. The lowest BCUT2D eigenvalue weighted by molar-refractivity contribution is -0.141. The molecular weight excluding hydrogens is 414 g/mol. The first-order valence-corrected chi connectivity index (χ1v) is 9.49. The van der Waals surface area contributed by atoms with Crippen LogP contribution in [0.1, 0.15) is 27.9 Å². The van der Waals surface area contributed by atoms with Crippen LogP contribution in [0.25, 0.3) is 0 Å². The Hall–Kier alpha value is -2.08. The molecule has 1 N–H and O–H groups in total. The third kappa shape index (κ3) is 5.25. The molecule has 0 spiro atoms. The summed E-state index contributed by atoms with van der Waals surface area (Å²) in [6.45, 7) is 2.93. The van der Waals surface area contributed by atoms with Crippen molar-refractivity contribution in [1.29, 1.82) is 0 Å². The van der Waals surface area contributed by atoms with Crippen LogP contribution in [0.4, 0.5) is 26.3 Å². The molecule has 1 atom stereocenters. The molecule has 1 amide bonds. The molecular formula is C16H16F6N2O3S. The fourth-order valence-corrected chi connectivity index (χ4v) is 3.38. The quantitative estimate of drug-likeness (QED) is 0.730. The summed E-state index contributed by atoms with van der Waals surface area (Å²) < 4.78 is 103. The lowest BCUT2D eigenvalue weighted by Gasteiger charge is -2.21. The van der Waals surface area contributed by atoms with Crippen molar-refractivity contribution in [3.63, 3.8) is 0 Å². The van der Waals surface area contributed by atoms with Gasteiger partial charge in [-0.2, -0.15) is 26.3 Å². The number of benzene rings is 1. The lowest BCUT2D eigenvalue weighted by Crippen LogP contribution is -2.33. The molecule has 0 unspecified atom stereocenters. The molecule has 0 saturated carbocycles. The smallest absolute Gasteiger partial charge is 0.338 e. The third-order valence-electron chi connectivity index (χ3n) is 4.25. The standard InChI is InChI=1S/C16H16F6N2O3S/c1-2-28(26,27)23-8-10-5-6-24(9-10)14(25)12-7-11(15(17,18)19)3-4-13(12)16(20,21)22/h2-4,7,10,23H,1,5-6,8-9H2/t10-/m1/s1. The molecule has 0 aliphatic carbocycles. The number of carbonyl (C=O) groups excluding carboxylic acids is 1. The number of nitrogens with one attached hydrogen (secondary N) is 1. The van der Waals surface area contributed by atoms with Crippen LogP contribution in [0.5, 0.6) is 0 Å². The van der Waals surface area contributed by atoms with Crippen LogP contribution in [-0.2, 0) is 22.4 Å². The van der Waals surface area contributed by atoms with E-state index in [9.17, 15) is 39.6 Å². The van der Waals surface area contributed by atoms with Gasteiger partial charge in [-0.3, -0.25) is 4.79 Å². The maximum atomic E-state index is 13.2. The number of carbonyl (C=O) groups is 1. The van der Waals surface area contributed by atoms with Gasteiger partial charge >= 0.3 is 12.4 Å². The normalized spacial score (nSPS) is 18.4. The second-order valence-electron chi connectivity index (χ2n) is 6.22. The maximum Gasteiger partial charge on any atom is 0.417 e. The number of hydrogen-bond donors (Lipinski definition) is 1. The van der Waals surface area contributed by atoms with Crippen molar-refractivity contribution in [2.75, 3.05) is 19.6 Å². The highest BCUT2D eigenvalue weighted by Crippen LogP contribution is 2.37. The summed E-state index contributed by atoms with van der Waals surface area (Å²) in [5, 5.41) is 0.684.